The lowest BCUT2D eigenvalue weighted by atomic mass is 9.64. The van der Waals surface area contributed by atoms with Crippen LogP contribution in [0.4, 0.5) is 0 Å². The first-order valence-electron chi connectivity index (χ1n) is 12.8. The minimum atomic E-state index is 0.807. The average molecular weight is 383 g/mol. The van der Waals surface area contributed by atoms with E-state index < -0.39 is 0 Å². The van der Waals surface area contributed by atoms with Crippen molar-refractivity contribution in [1.82, 2.24) is 0 Å². The summed E-state index contributed by atoms with van der Waals surface area (Å²) in [6.07, 6.45) is 20.2. The Hall–Kier alpha value is -0.780. The van der Waals surface area contributed by atoms with E-state index in [0.29, 0.717) is 0 Å². The molecule has 3 rings (SSSR count). The molecule has 2 aliphatic carbocycles. The first-order valence-corrected chi connectivity index (χ1v) is 12.8. The fraction of sp³-hybridized carbons (Fsp3) is 0.786. The molecule has 0 heteroatoms. The Kier molecular flexibility index (Phi) is 8.94. The highest BCUT2D eigenvalue weighted by Gasteiger charge is 2.34. The molecule has 0 aromatic heterocycles. The summed E-state index contributed by atoms with van der Waals surface area (Å²) in [6.45, 7) is 7.15. The molecule has 3 atom stereocenters. The molecule has 158 valence electrons. The third-order valence-electron chi connectivity index (χ3n) is 8.21. The molecule has 0 amide bonds. The van der Waals surface area contributed by atoms with Gasteiger partial charge in [0.05, 0.1) is 0 Å². The van der Waals surface area contributed by atoms with E-state index in [2.05, 4.69) is 45.0 Å². The molecule has 0 bridgehead atoms. The molecule has 0 saturated heterocycles. The molecule has 0 spiro atoms. The molecular weight excluding hydrogens is 336 g/mol. The van der Waals surface area contributed by atoms with Gasteiger partial charge in [0.1, 0.15) is 0 Å². The standard InChI is InChI=1S/C28H46/c1-4-6-8-10-24-11-15-25(16-12-24)27-19-20-28(22(3)21-27)26-17-13-23(14-18-26)9-7-5-2/h13-14,17-18,22,24-25,27-28H,4-12,15-16,19-21H2,1-3H3/t22-,24?,25?,27?,28-/m1/s1. The lowest BCUT2D eigenvalue weighted by Crippen LogP contribution is -2.29. The summed E-state index contributed by atoms with van der Waals surface area (Å²) in [6, 6.07) is 9.72. The Balaban J connectivity index is 1.45. The topological polar surface area (TPSA) is 0 Å². The predicted molar refractivity (Wildman–Crippen MR) is 124 cm³/mol. The maximum Gasteiger partial charge on any atom is -0.0136 e. The van der Waals surface area contributed by atoms with Crippen molar-refractivity contribution in [2.75, 3.05) is 0 Å². The second-order valence-electron chi connectivity index (χ2n) is 10.3. The molecular formula is C28H46. The van der Waals surface area contributed by atoms with Crippen LogP contribution in [0.5, 0.6) is 0 Å². The van der Waals surface area contributed by atoms with Crippen LogP contribution in [0.15, 0.2) is 24.3 Å². The van der Waals surface area contributed by atoms with Crippen LogP contribution >= 0.6 is 0 Å². The van der Waals surface area contributed by atoms with Crippen LogP contribution < -0.4 is 0 Å². The Morgan fingerprint density at radius 2 is 1.43 bits per heavy atom. The maximum atomic E-state index is 2.54. The first-order chi connectivity index (χ1) is 13.7. The van der Waals surface area contributed by atoms with E-state index >= 15 is 0 Å². The molecule has 0 radical (unpaired) electrons. The fourth-order valence-corrected chi connectivity index (χ4v) is 6.30. The Morgan fingerprint density at radius 3 is 2.07 bits per heavy atom. The number of benzene rings is 1. The zero-order chi connectivity index (χ0) is 19.8. The largest absolute Gasteiger partial charge is 0.0654 e. The van der Waals surface area contributed by atoms with Crippen LogP contribution in [0.25, 0.3) is 0 Å². The second-order valence-corrected chi connectivity index (χ2v) is 10.3. The van der Waals surface area contributed by atoms with Gasteiger partial charge in [-0.15, -0.1) is 0 Å². The highest BCUT2D eigenvalue weighted by atomic mass is 14.4. The van der Waals surface area contributed by atoms with Crippen LogP contribution in [-0.2, 0) is 6.42 Å². The Morgan fingerprint density at radius 1 is 0.750 bits per heavy atom. The van der Waals surface area contributed by atoms with Gasteiger partial charge in [-0.05, 0) is 85.7 Å². The van der Waals surface area contributed by atoms with Gasteiger partial charge in [0, 0.05) is 0 Å². The summed E-state index contributed by atoms with van der Waals surface area (Å²) in [5, 5.41) is 0. The number of hydrogen-bond donors (Lipinski definition) is 0. The number of hydrogen-bond acceptors (Lipinski definition) is 0. The van der Waals surface area contributed by atoms with Crippen molar-refractivity contribution in [2.45, 2.75) is 117 Å². The van der Waals surface area contributed by atoms with Gasteiger partial charge in [0.15, 0.2) is 0 Å². The monoisotopic (exact) mass is 382 g/mol. The molecule has 0 heterocycles. The SMILES string of the molecule is CCCCCC1CCC(C2CC[C@@H](c3ccc(CCCC)cc3)[C@H](C)C2)CC1. The van der Waals surface area contributed by atoms with E-state index in [-0.39, 0.29) is 0 Å². The van der Waals surface area contributed by atoms with Gasteiger partial charge >= 0.3 is 0 Å². The molecule has 1 unspecified atom stereocenters. The molecule has 0 nitrogen and oxygen atoms in total. The van der Waals surface area contributed by atoms with Gasteiger partial charge in [0.2, 0.25) is 0 Å². The summed E-state index contributed by atoms with van der Waals surface area (Å²) in [5.74, 6) is 4.79. The Bertz CT molecular complexity index is 534. The van der Waals surface area contributed by atoms with Crippen LogP contribution in [0.1, 0.15) is 121 Å². The number of unbranched alkanes of at least 4 members (excludes halogenated alkanes) is 3. The number of aryl methyl sites for hydroxylation is 1. The van der Waals surface area contributed by atoms with Crippen LogP contribution in [0.2, 0.25) is 0 Å². The summed E-state index contributed by atoms with van der Waals surface area (Å²) in [4.78, 5) is 0. The molecule has 2 saturated carbocycles. The molecule has 1 aromatic rings. The van der Waals surface area contributed by atoms with Crippen LogP contribution in [0.3, 0.4) is 0 Å². The van der Waals surface area contributed by atoms with Crippen LogP contribution in [0, 0.1) is 23.7 Å². The van der Waals surface area contributed by atoms with E-state index in [4.69, 9.17) is 0 Å². The maximum absolute atomic E-state index is 2.54. The van der Waals surface area contributed by atoms with Gasteiger partial charge in [0.25, 0.3) is 0 Å². The van der Waals surface area contributed by atoms with Crippen molar-refractivity contribution in [3.63, 3.8) is 0 Å². The second kappa shape index (κ2) is 11.4. The van der Waals surface area contributed by atoms with Gasteiger partial charge in [-0.25, -0.2) is 0 Å². The Labute approximate surface area is 175 Å². The average Bonchev–Trinajstić information content (AvgIpc) is 2.73. The van der Waals surface area contributed by atoms with E-state index in [1.807, 2.05) is 0 Å². The molecule has 1 aromatic carbocycles. The van der Waals surface area contributed by atoms with Gasteiger partial charge in [-0.2, -0.15) is 0 Å². The minimum Gasteiger partial charge on any atom is -0.0654 e. The van der Waals surface area contributed by atoms with E-state index in [9.17, 15) is 0 Å². The number of rotatable bonds is 9. The fourth-order valence-electron chi connectivity index (χ4n) is 6.30. The van der Waals surface area contributed by atoms with Gasteiger partial charge < -0.3 is 0 Å². The first kappa shape index (κ1) is 21.9. The third kappa shape index (κ3) is 6.11. The van der Waals surface area contributed by atoms with Crippen LogP contribution in [-0.4, -0.2) is 0 Å². The third-order valence-corrected chi connectivity index (χ3v) is 8.21. The lowest BCUT2D eigenvalue weighted by Gasteiger charge is -2.41. The van der Waals surface area contributed by atoms with Crippen molar-refractivity contribution in [3.05, 3.63) is 35.4 Å². The summed E-state index contributed by atoms with van der Waals surface area (Å²) in [7, 11) is 0. The van der Waals surface area contributed by atoms with E-state index in [1.165, 1.54) is 95.5 Å². The molecule has 2 aliphatic rings. The van der Waals surface area contributed by atoms with Crippen molar-refractivity contribution in [1.29, 1.82) is 0 Å². The zero-order valence-electron chi connectivity index (χ0n) is 19.1. The molecule has 2 fully saturated rings. The predicted octanol–water partition coefficient (Wildman–Crippen LogP) is 8.94. The molecule has 0 aliphatic heterocycles. The minimum absolute atomic E-state index is 0.807. The van der Waals surface area contributed by atoms with Gasteiger partial charge in [-0.3, -0.25) is 0 Å². The summed E-state index contributed by atoms with van der Waals surface area (Å²) < 4.78 is 0. The van der Waals surface area contributed by atoms with Crippen molar-refractivity contribution < 1.29 is 0 Å². The van der Waals surface area contributed by atoms with E-state index in [0.717, 1.165) is 29.6 Å². The lowest BCUT2D eigenvalue weighted by molar-refractivity contribution is 0.130. The molecule has 28 heavy (non-hydrogen) atoms. The highest BCUT2D eigenvalue weighted by Crippen LogP contribution is 2.47. The smallest absolute Gasteiger partial charge is 0.0136 e. The quantitative estimate of drug-likeness (QED) is 0.374. The zero-order valence-corrected chi connectivity index (χ0v) is 19.1. The van der Waals surface area contributed by atoms with Gasteiger partial charge in [-0.1, -0.05) is 90.0 Å². The summed E-state index contributed by atoms with van der Waals surface area (Å²) in [5.41, 5.74) is 3.15. The normalized spacial score (nSPS) is 31.0. The highest BCUT2D eigenvalue weighted by molar-refractivity contribution is 5.26. The molecule has 0 N–H and O–H groups in total. The van der Waals surface area contributed by atoms with Crippen molar-refractivity contribution >= 4 is 0 Å². The van der Waals surface area contributed by atoms with Crippen molar-refractivity contribution in [3.8, 4) is 0 Å². The van der Waals surface area contributed by atoms with E-state index in [1.54, 1.807) is 5.56 Å². The summed E-state index contributed by atoms with van der Waals surface area (Å²) >= 11 is 0. The van der Waals surface area contributed by atoms with Crippen molar-refractivity contribution in [2.24, 2.45) is 23.7 Å².